The van der Waals surface area contributed by atoms with E-state index in [1.54, 1.807) is 0 Å². The van der Waals surface area contributed by atoms with Crippen molar-refractivity contribution in [1.29, 1.82) is 0 Å². The minimum atomic E-state index is 0.905. The molecule has 0 N–H and O–H groups in total. The maximum atomic E-state index is 6.43. The molecule has 12 rings (SSSR count). The van der Waals surface area contributed by atoms with Crippen molar-refractivity contribution in [1.82, 2.24) is 0 Å². The first-order chi connectivity index (χ1) is 31.7. The zero-order valence-corrected chi connectivity index (χ0v) is 35.1. The maximum absolute atomic E-state index is 6.43. The molecule has 0 radical (unpaired) electrons. The summed E-state index contributed by atoms with van der Waals surface area (Å²) in [5, 5.41) is 3.49. The van der Waals surface area contributed by atoms with E-state index < -0.39 is 0 Å². The summed E-state index contributed by atoms with van der Waals surface area (Å²) in [4.78, 5) is 4.62. The Bertz CT molecular complexity index is 3460. The average molecular weight is 823 g/mol. The van der Waals surface area contributed by atoms with E-state index >= 15 is 0 Å². The lowest BCUT2D eigenvalue weighted by Gasteiger charge is -2.26. The van der Waals surface area contributed by atoms with Crippen molar-refractivity contribution in [2.24, 2.45) is 0 Å². The smallest absolute Gasteiger partial charge is 0.143 e. The van der Waals surface area contributed by atoms with Crippen LogP contribution < -0.4 is 9.80 Å². The van der Waals surface area contributed by atoms with Gasteiger partial charge in [-0.2, -0.15) is 0 Å². The molecular formula is C60H42N2O2. The van der Waals surface area contributed by atoms with Gasteiger partial charge in [0.1, 0.15) is 22.5 Å². The Balaban J connectivity index is 0.831. The van der Waals surface area contributed by atoms with Gasteiger partial charge in [0, 0.05) is 67.0 Å². The van der Waals surface area contributed by atoms with Gasteiger partial charge < -0.3 is 18.6 Å². The van der Waals surface area contributed by atoms with E-state index in [1.807, 2.05) is 12.1 Å². The molecule has 4 heteroatoms. The number of furan rings is 2. The van der Waals surface area contributed by atoms with E-state index in [9.17, 15) is 0 Å². The zero-order chi connectivity index (χ0) is 42.4. The lowest BCUT2D eigenvalue weighted by atomic mass is 9.97. The molecule has 1 aliphatic carbocycles. The summed E-state index contributed by atoms with van der Waals surface area (Å²) in [7, 11) is 0. The average Bonchev–Trinajstić information content (AvgIpc) is 3.95. The summed E-state index contributed by atoms with van der Waals surface area (Å²) < 4.78 is 12.8. The highest BCUT2D eigenvalue weighted by molar-refractivity contribution is 6.09. The molecule has 4 nitrogen and oxygen atoms in total. The normalized spacial score (nSPS) is 12.2. The van der Waals surface area contributed by atoms with Crippen molar-refractivity contribution in [3.8, 4) is 33.4 Å². The third-order valence-electron chi connectivity index (χ3n) is 12.6. The van der Waals surface area contributed by atoms with Crippen LogP contribution in [-0.2, 0) is 6.42 Å². The van der Waals surface area contributed by atoms with Crippen molar-refractivity contribution < 1.29 is 8.83 Å². The Labute approximate surface area is 372 Å². The van der Waals surface area contributed by atoms with E-state index in [-0.39, 0.29) is 0 Å². The highest BCUT2D eigenvalue weighted by atomic mass is 16.3. The molecule has 0 amide bonds. The highest BCUT2D eigenvalue weighted by Gasteiger charge is 2.20. The summed E-state index contributed by atoms with van der Waals surface area (Å²) in [5.74, 6) is 0.991. The second-order valence-corrected chi connectivity index (χ2v) is 16.4. The molecule has 64 heavy (non-hydrogen) atoms. The van der Waals surface area contributed by atoms with Crippen molar-refractivity contribution >= 4 is 73.1 Å². The van der Waals surface area contributed by atoms with Gasteiger partial charge in [-0.05, 0) is 120 Å². The number of fused-ring (bicyclic) bond motifs is 6. The van der Waals surface area contributed by atoms with E-state index in [0.29, 0.717) is 0 Å². The number of hydrogen-bond acceptors (Lipinski definition) is 4. The van der Waals surface area contributed by atoms with Crippen LogP contribution >= 0.6 is 0 Å². The van der Waals surface area contributed by atoms with Crippen molar-refractivity contribution in [2.45, 2.75) is 12.8 Å². The van der Waals surface area contributed by atoms with Crippen LogP contribution in [0, 0.1) is 0 Å². The van der Waals surface area contributed by atoms with Crippen molar-refractivity contribution in [2.75, 3.05) is 9.80 Å². The van der Waals surface area contributed by atoms with Gasteiger partial charge in [0.2, 0.25) is 0 Å². The van der Waals surface area contributed by atoms with Gasteiger partial charge in [0.15, 0.2) is 0 Å². The largest absolute Gasteiger partial charge is 0.456 e. The van der Waals surface area contributed by atoms with E-state index in [4.69, 9.17) is 8.83 Å². The topological polar surface area (TPSA) is 32.8 Å². The number of nitrogens with zero attached hydrogens (tertiary/aromatic N) is 2. The van der Waals surface area contributed by atoms with Crippen LogP contribution in [0.2, 0.25) is 0 Å². The molecular weight excluding hydrogens is 781 g/mol. The fourth-order valence-electron chi connectivity index (χ4n) is 9.44. The molecule has 0 unspecified atom stereocenters. The minimum Gasteiger partial charge on any atom is -0.456 e. The first kappa shape index (κ1) is 37.4. The number of hydrogen-bond donors (Lipinski definition) is 0. The van der Waals surface area contributed by atoms with Gasteiger partial charge in [0.05, 0.1) is 0 Å². The number of aryl methyl sites for hydroxylation is 1. The Hall–Kier alpha value is -8.34. The Kier molecular flexibility index (Phi) is 9.27. The van der Waals surface area contributed by atoms with Gasteiger partial charge in [0.25, 0.3) is 0 Å². The van der Waals surface area contributed by atoms with Gasteiger partial charge in [-0.25, -0.2) is 0 Å². The SMILES string of the molecule is C1=Cc2oc3c(-c4ccc(N(c5ccccc5)c5ccc(-c6ccc(N(c7ccccc7)c7ccc(-c8cccc9c8oc8ccccc89)cc7)cc6)cc5)cc4)cccc3c2CC1. The molecule has 1 aliphatic rings. The quantitative estimate of drug-likeness (QED) is 0.145. The molecule has 9 aromatic carbocycles. The molecule has 0 saturated heterocycles. The second-order valence-electron chi connectivity index (χ2n) is 16.4. The molecule has 2 heterocycles. The van der Waals surface area contributed by atoms with Crippen LogP contribution in [0.25, 0.3) is 72.4 Å². The van der Waals surface area contributed by atoms with E-state index in [1.165, 1.54) is 10.9 Å². The number of para-hydroxylation sites is 5. The van der Waals surface area contributed by atoms with Crippen LogP contribution in [-0.4, -0.2) is 0 Å². The summed E-state index contributed by atoms with van der Waals surface area (Å²) in [6, 6.07) is 77.7. The third-order valence-corrected chi connectivity index (χ3v) is 12.6. The number of allylic oxidation sites excluding steroid dienone is 1. The Morgan fingerprint density at radius 2 is 0.750 bits per heavy atom. The van der Waals surface area contributed by atoms with Crippen LogP contribution in [0.3, 0.4) is 0 Å². The van der Waals surface area contributed by atoms with E-state index in [0.717, 1.165) is 114 Å². The van der Waals surface area contributed by atoms with Crippen molar-refractivity contribution in [3.05, 3.63) is 236 Å². The predicted octanol–water partition coefficient (Wildman–Crippen LogP) is 17.2. The number of anilines is 6. The number of rotatable bonds is 9. The Morgan fingerprint density at radius 3 is 1.28 bits per heavy atom. The zero-order valence-electron chi connectivity index (χ0n) is 35.1. The molecule has 0 atom stereocenters. The Morgan fingerprint density at radius 1 is 0.328 bits per heavy atom. The predicted molar refractivity (Wildman–Crippen MR) is 267 cm³/mol. The molecule has 2 aromatic heterocycles. The summed E-state index contributed by atoms with van der Waals surface area (Å²) in [5.41, 5.74) is 17.4. The van der Waals surface area contributed by atoms with Gasteiger partial charge in [-0.15, -0.1) is 0 Å². The van der Waals surface area contributed by atoms with Crippen LogP contribution in [0.15, 0.2) is 233 Å². The van der Waals surface area contributed by atoms with Crippen LogP contribution in [0.1, 0.15) is 17.7 Å². The third kappa shape index (κ3) is 6.64. The molecule has 304 valence electrons. The number of benzene rings is 9. The van der Waals surface area contributed by atoms with Gasteiger partial charge in [-0.3, -0.25) is 0 Å². The second kappa shape index (κ2) is 15.8. The summed E-state index contributed by atoms with van der Waals surface area (Å²) in [6.45, 7) is 0. The minimum absolute atomic E-state index is 0.905. The monoisotopic (exact) mass is 822 g/mol. The molecule has 0 saturated carbocycles. The molecule has 0 aliphatic heterocycles. The lowest BCUT2D eigenvalue weighted by molar-refractivity contribution is 0.596. The molecule has 0 bridgehead atoms. The fourth-order valence-corrected chi connectivity index (χ4v) is 9.44. The molecule has 0 spiro atoms. The summed E-state index contributed by atoms with van der Waals surface area (Å²) in [6.07, 6.45) is 6.39. The molecule has 0 fully saturated rings. The van der Waals surface area contributed by atoms with Gasteiger partial charge in [-0.1, -0.05) is 146 Å². The fraction of sp³-hybridized carbons (Fsp3) is 0.0333. The standard InChI is InChI=1S/C60H42N2O2/c1-3-13-45(14-4-1)61(49-37-29-43(30-38-49)51-19-11-21-55-53-17-7-9-23-57(53)63-59(51)55)47-33-25-41(26-34-47)42-27-35-48(36-28-42)62(46-15-5-2-6-16-46)50-39-31-44(32-40-50)52-20-12-22-56-54-18-8-10-24-58(54)64-60(52)56/h1-7,9-17,19-40H,8,18H2. The maximum Gasteiger partial charge on any atom is 0.143 e. The highest BCUT2D eigenvalue weighted by Crippen LogP contribution is 2.42. The summed E-state index contributed by atoms with van der Waals surface area (Å²) >= 11 is 0. The van der Waals surface area contributed by atoms with Crippen molar-refractivity contribution in [3.63, 3.8) is 0 Å². The van der Waals surface area contributed by atoms with Gasteiger partial charge >= 0.3 is 0 Å². The first-order valence-electron chi connectivity index (χ1n) is 22.0. The van der Waals surface area contributed by atoms with Crippen LogP contribution in [0.5, 0.6) is 0 Å². The van der Waals surface area contributed by atoms with E-state index in [2.05, 4.69) is 228 Å². The molecule has 11 aromatic rings. The lowest BCUT2D eigenvalue weighted by Crippen LogP contribution is -2.10. The first-order valence-corrected chi connectivity index (χ1v) is 22.0. The van der Waals surface area contributed by atoms with Crippen LogP contribution in [0.4, 0.5) is 34.1 Å².